The van der Waals surface area contributed by atoms with E-state index in [1.165, 1.54) is 57.8 Å². The van der Waals surface area contributed by atoms with Gasteiger partial charge in [-0.2, -0.15) is 0 Å². The van der Waals surface area contributed by atoms with Crippen LogP contribution in [-0.4, -0.2) is 23.1 Å². The van der Waals surface area contributed by atoms with E-state index in [0.717, 1.165) is 50.7 Å². The van der Waals surface area contributed by atoms with E-state index in [-0.39, 0.29) is 6.10 Å². The standard InChI is InChI=1S/C22H40O4/c1-3-5-7-8-9-10-11-12-13-15-17-20(16-14-6-4-2)26-22(25)19-18-21(23)24/h18-20H,3-17H2,1-2H3,(H,23,24)/b19-18+. The molecule has 0 aliphatic heterocycles. The zero-order valence-corrected chi connectivity index (χ0v) is 17.0. The second-order valence-corrected chi connectivity index (χ2v) is 7.20. The number of carbonyl (C=O) groups excluding carboxylic acids is 1. The molecule has 0 aliphatic carbocycles. The number of unbranched alkanes of at least 4 members (excludes halogenated alkanes) is 11. The van der Waals surface area contributed by atoms with Gasteiger partial charge in [-0.15, -0.1) is 0 Å². The number of carboxylic acids is 1. The van der Waals surface area contributed by atoms with Gasteiger partial charge in [0.2, 0.25) is 0 Å². The van der Waals surface area contributed by atoms with Gasteiger partial charge in [-0.25, -0.2) is 9.59 Å². The number of carboxylic acid groups (broad SMARTS) is 1. The second-order valence-electron chi connectivity index (χ2n) is 7.20. The summed E-state index contributed by atoms with van der Waals surface area (Å²) < 4.78 is 5.44. The van der Waals surface area contributed by atoms with Crippen molar-refractivity contribution in [3.63, 3.8) is 0 Å². The molecule has 4 heteroatoms. The van der Waals surface area contributed by atoms with Crippen molar-refractivity contribution < 1.29 is 19.4 Å². The third kappa shape index (κ3) is 17.5. The van der Waals surface area contributed by atoms with Gasteiger partial charge in [-0.1, -0.05) is 84.5 Å². The van der Waals surface area contributed by atoms with Gasteiger partial charge in [-0.3, -0.25) is 0 Å². The molecule has 0 spiro atoms. The number of esters is 1. The van der Waals surface area contributed by atoms with Crippen LogP contribution in [0.15, 0.2) is 12.2 Å². The summed E-state index contributed by atoms with van der Waals surface area (Å²) >= 11 is 0. The first-order valence-electron chi connectivity index (χ1n) is 10.7. The number of aliphatic carboxylic acids is 1. The normalized spacial score (nSPS) is 12.4. The van der Waals surface area contributed by atoms with Crippen LogP contribution in [-0.2, 0) is 14.3 Å². The molecule has 1 unspecified atom stereocenters. The van der Waals surface area contributed by atoms with Crippen molar-refractivity contribution in [2.24, 2.45) is 0 Å². The number of hydrogen-bond donors (Lipinski definition) is 1. The van der Waals surface area contributed by atoms with E-state index in [1.54, 1.807) is 0 Å². The molecule has 1 N–H and O–H groups in total. The molecule has 0 heterocycles. The summed E-state index contributed by atoms with van der Waals surface area (Å²) in [4.78, 5) is 22.2. The van der Waals surface area contributed by atoms with Crippen molar-refractivity contribution in [1.29, 1.82) is 0 Å². The van der Waals surface area contributed by atoms with E-state index in [2.05, 4.69) is 13.8 Å². The van der Waals surface area contributed by atoms with Crippen LogP contribution in [0, 0.1) is 0 Å². The monoisotopic (exact) mass is 368 g/mol. The molecule has 0 aromatic heterocycles. The summed E-state index contributed by atoms with van der Waals surface area (Å²) in [6, 6.07) is 0. The lowest BCUT2D eigenvalue weighted by molar-refractivity contribution is -0.144. The van der Waals surface area contributed by atoms with Gasteiger partial charge < -0.3 is 9.84 Å². The van der Waals surface area contributed by atoms with Crippen LogP contribution in [0.3, 0.4) is 0 Å². The van der Waals surface area contributed by atoms with Crippen LogP contribution in [0.1, 0.15) is 110 Å². The number of ether oxygens (including phenoxy) is 1. The first kappa shape index (κ1) is 24.7. The first-order chi connectivity index (χ1) is 12.6. The van der Waals surface area contributed by atoms with Crippen molar-refractivity contribution in [1.82, 2.24) is 0 Å². The lowest BCUT2D eigenvalue weighted by atomic mass is 10.0. The fourth-order valence-corrected chi connectivity index (χ4v) is 3.09. The Morgan fingerprint density at radius 2 is 1.15 bits per heavy atom. The van der Waals surface area contributed by atoms with Gasteiger partial charge in [0.05, 0.1) is 0 Å². The van der Waals surface area contributed by atoms with Crippen molar-refractivity contribution in [3.05, 3.63) is 12.2 Å². The Kier molecular flexibility index (Phi) is 17.5. The molecule has 0 radical (unpaired) electrons. The molecule has 0 aromatic carbocycles. The molecule has 0 saturated carbocycles. The Morgan fingerprint density at radius 1 is 0.731 bits per heavy atom. The summed E-state index contributed by atoms with van der Waals surface area (Å²) in [6.45, 7) is 4.40. The minimum absolute atomic E-state index is 0.0819. The zero-order valence-electron chi connectivity index (χ0n) is 17.0. The number of carbonyl (C=O) groups is 2. The molecule has 26 heavy (non-hydrogen) atoms. The average Bonchev–Trinajstić information content (AvgIpc) is 2.61. The maximum Gasteiger partial charge on any atom is 0.331 e. The summed E-state index contributed by atoms with van der Waals surface area (Å²) in [7, 11) is 0. The fraction of sp³-hybridized carbons (Fsp3) is 0.818. The molecule has 0 amide bonds. The van der Waals surface area contributed by atoms with Gasteiger partial charge in [0.15, 0.2) is 0 Å². The van der Waals surface area contributed by atoms with Crippen LogP contribution >= 0.6 is 0 Å². The lowest BCUT2D eigenvalue weighted by Crippen LogP contribution is -2.17. The summed E-state index contributed by atoms with van der Waals surface area (Å²) in [6.07, 6.45) is 19.7. The average molecular weight is 369 g/mol. The predicted molar refractivity (Wildman–Crippen MR) is 107 cm³/mol. The first-order valence-corrected chi connectivity index (χ1v) is 10.7. The zero-order chi connectivity index (χ0) is 19.5. The molecular weight excluding hydrogens is 328 g/mol. The molecule has 0 aromatic rings. The Morgan fingerprint density at radius 3 is 1.65 bits per heavy atom. The van der Waals surface area contributed by atoms with Gasteiger partial charge >= 0.3 is 11.9 Å². The summed E-state index contributed by atoms with van der Waals surface area (Å²) in [5.41, 5.74) is 0. The molecule has 152 valence electrons. The lowest BCUT2D eigenvalue weighted by Gasteiger charge is -2.17. The fourth-order valence-electron chi connectivity index (χ4n) is 3.09. The van der Waals surface area contributed by atoms with Crippen molar-refractivity contribution in [2.45, 2.75) is 116 Å². The maximum absolute atomic E-state index is 11.7. The highest BCUT2D eigenvalue weighted by Gasteiger charge is 2.12. The highest BCUT2D eigenvalue weighted by atomic mass is 16.5. The third-order valence-electron chi connectivity index (χ3n) is 4.65. The molecule has 0 fully saturated rings. The van der Waals surface area contributed by atoms with E-state index < -0.39 is 11.9 Å². The second kappa shape index (κ2) is 18.5. The van der Waals surface area contributed by atoms with E-state index in [1.807, 2.05) is 0 Å². The molecule has 1 atom stereocenters. The van der Waals surface area contributed by atoms with Gasteiger partial charge in [0.1, 0.15) is 6.10 Å². The Balaban J connectivity index is 3.89. The summed E-state index contributed by atoms with van der Waals surface area (Å²) in [5, 5.41) is 8.58. The predicted octanol–water partition coefficient (Wildman–Crippen LogP) is 6.43. The van der Waals surface area contributed by atoms with E-state index >= 15 is 0 Å². The molecule has 0 bridgehead atoms. The maximum atomic E-state index is 11.7. The smallest absolute Gasteiger partial charge is 0.331 e. The third-order valence-corrected chi connectivity index (χ3v) is 4.65. The minimum Gasteiger partial charge on any atom is -0.478 e. The van der Waals surface area contributed by atoms with Crippen molar-refractivity contribution in [3.8, 4) is 0 Å². The van der Waals surface area contributed by atoms with E-state index in [4.69, 9.17) is 9.84 Å². The summed E-state index contributed by atoms with van der Waals surface area (Å²) in [5.74, 6) is -1.67. The van der Waals surface area contributed by atoms with Crippen LogP contribution < -0.4 is 0 Å². The van der Waals surface area contributed by atoms with Gasteiger partial charge in [0.25, 0.3) is 0 Å². The molecular formula is C22H40O4. The molecule has 0 saturated heterocycles. The number of rotatable bonds is 18. The number of hydrogen-bond acceptors (Lipinski definition) is 3. The Bertz CT molecular complexity index is 376. The van der Waals surface area contributed by atoms with E-state index in [0.29, 0.717) is 0 Å². The Labute approximate surface area is 160 Å². The largest absolute Gasteiger partial charge is 0.478 e. The van der Waals surface area contributed by atoms with E-state index in [9.17, 15) is 9.59 Å². The molecule has 0 aliphatic rings. The Hall–Kier alpha value is -1.32. The van der Waals surface area contributed by atoms with Crippen LogP contribution in [0.25, 0.3) is 0 Å². The topological polar surface area (TPSA) is 63.6 Å². The van der Waals surface area contributed by atoms with Crippen LogP contribution in [0.4, 0.5) is 0 Å². The quantitative estimate of drug-likeness (QED) is 0.172. The SMILES string of the molecule is CCCCCCCCCCCCC(CCCCC)OC(=O)/C=C/C(=O)O. The van der Waals surface area contributed by atoms with Crippen LogP contribution in [0.5, 0.6) is 0 Å². The van der Waals surface area contributed by atoms with Crippen molar-refractivity contribution >= 4 is 11.9 Å². The highest BCUT2D eigenvalue weighted by Crippen LogP contribution is 2.16. The van der Waals surface area contributed by atoms with Gasteiger partial charge in [0, 0.05) is 12.2 Å². The van der Waals surface area contributed by atoms with Crippen LogP contribution in [0.2, 0.25) is 0 Å². The highest BCUT2D eigenvalue weighted by molar-refractivity contribution is 5.90. The minimum atomic E-state index is -1.13. The molecule has 0 rings (SSSR count). The molecule has 4 nitrogen and oxygen atoms in total. The van der Waals surface area contributed by atoms with Crippen molar-refractivity contribution in [2.75, 3.05) is 0 Å². The van der Waals surface area contributed by atoms with Gasteiger partial charge in [-0.05, 0) is 25.7 Å².